The Balaban J connectivity index is 1.98. The molecule has 3 fully saturated rings. The summed E-state index contributed by atoms with van der Waals surface area (Å²) >= 11 is 0. The van der Waals surface area contributed by atoms with Crippen LogP contribution in [0.5, 0.6) is 0 Å². The van der Waals surface area contributed by atoms with Gasteiger partial charge in [0, 0.05) is 37.5 Å². The molecule has 16 heavy (non-hydrogen) atoms. The minimum Gasteiger partial charge on any atom is -0.454 e. The number of hydrogen-bond donors (Lipinski definition) is 0. The highest BCUT2D eigenvalue weighted by atomic mass is 16.6. The van der Waals surface area contributed by atoms with Gasteiger partial charge in [-0.1, -0.05) is 13.8 Å². The van der Waals surface area contributed by atoms with Gasteiger partial charge in [-0.05, 0) is 0 Å². The molecule has 0 aromatic heterocycles. The van der Waals surface area contributed by atoms with Gasteiger partial charge < -0.3 is 9.47 Å². The van der Waals surface area contributed by atoms with Crippen LogP contribution in [-0.2, 0) is 19.1 Å². The fourth-order valence-electron chi connectivity index (χ4n) is 3.91. The number of carbonyl (C=O) groups excluding carboxylic acids is 2. The van der Waals surface area contributed by atoms with E-state index in [4.69, 9.17) is 9.47 Å². The van der Waals surface area contributed by atoms with Gasteiger partial charge in [-0.15, -0.1) is 0 Å². The van der Waals surface area contributed by atoms with Crippen molar-refractivity contribution in [2.45, 2.75) is 50.7 Å². The van der Waals surface area contributed by atoms with Gasteiger partial charge in [0.05, 0.1) is 0 Å². The maximum atomic E-state index is 11.4. The average Bonchev–Trinajstić information content (AvgIpc) is 2.83. The van der Waals surface area contributed by atoms with Crippen molar-refractivity contribution in [2.75, 3.05) is 0 Å². The molecule has 3 rings (SSSR count). The number of esters is 2. The van der Waals surface area contributed by atoms with Crippen LogP contribution < -0.4 is 0 Å². The minimum atomic E-state index is -0.518. The highest BCUT2D eigenvalue weighted by Crippen LogP contribution is 2.64. The zero-order chi connectivity index (χ0) is 11.6. The third kappa shape index (κ3) is 0.874. The first-order valence-corrected chi connectivity index (χ1v) is 5.95. The molecule has 0 radical (unpaired) electrons. The zero-order valence-electron chi connectivity index (χ0n) is 9.62. The lowest BCUT2D eigenvalue weighted by Crippen LogP contribution is -2.73. The van der Waals surface area contributed by atoms with Crippen LogP contribution in [0.1, 0.15) is 39.5 Å². The Bertz CT molecular complexity index is 341. The van der Waals surface area contributed by atoms with Crippen LogP contribution in [-0.4, -0.2) is 23.1 Å². The fourth-order valence-corrected chi connectivity index (χ4v) is 3.91. The number of fused-ring (bicyclic) bond motifs is 1. The Morgan fingerprint density at radius 3 is 1.56 bits per heavy atom. The second-order valence-electron chi connectivity index (χ2n) is 5.30. The quantitative estimate of drug-likeness (QED) is 0.584. The van der Waals surface area contributed by atoms with E-state index in [1.165, 1.54) is 0 Å². The maximum Gasteiger partial charge on any atom is 0.306 e. The van der Waals surface area contributed by atoms with Gasteiger partial charge in [-0.3, -0.25) is 9.59 Å². The van der Waals surface area contributed by atoms with Crippen LogP contribution in [0, 0.1) is 11.8 Å². The first kappa shape index (κ1) is 10.1. The molecule has 4 unspecified atom stereocenters. The highest BCUT2D eigenvalue weighted by Gasteiger charge is 2.76. The van der Waals surface area contributed by atoms with Gasteiger partial charge in [0.15, 0.2) is 11.2 Å². The second kappa shape index (κ2) is 2.79. The molecule has 1 saturated carbocycles. The first-order valence-electron chi connectivity index (χ1n) is 5.95. The monoisotopic (exact) mass is 224 g/mol. The summed E-state index contributed by atoms with van der Waals surface area (Å²) < 4.78 is 11.1. The van der Waals surface area contributed by atoms with Crippen molar-refractivity contribution in [3.63, 3.8) is 0 Å². The molecule has 0 aromatic rings. The summed E-state index contributed by atoms with van der Waals surface area (Å²) in [7, 11) is 0. The first-order chi connectivity index (χ1) is 7.52. The van der Waals surface area contributed by atoms with Crippen LogP contribution in [0.25, 0.3) is 0 Å². The van der Waals surface area contributed by atoms with Crippen LogP contribution in [0.3, 0.4) is 0 Å². The molecule has 1 aliphatic carbocycles. The molecule has 2 heterocycles. The molecule has 88 valence electrons. The van der Waals surface area contributed by atoms with Gasteiger partial charge >= 0.3 is 11.9 Å². The Morgan fingerprint density at radius 2 is 1.31 bits per heavy atom. The summed E-state index contributed by atoms with van der Waals surface area (Å²) in [5, 5.41) is 0. The van der Waals surface area contributed by atoms with E-state index in [2.05, 4.69) is 13.8 Å². The molecule has 0 amide bonds. The number of carbonyl (C=O) groups is 2. The van der Waals surface area contributed by atoms with E-state index < -0.39 is 11.2 Å². The lowest BCUT2D eigenvalue weighted by Gasteiger charge is -2.61. The van der Waals surface area contributed by atoms with E-state index in [9.17, 15) is 9.59 Å². The average molecular weight is 224 g/mol. The lowest BCUT2D eigenvalue weighted by atomic mass is 9.49. The molecule has 0 aromatic carbocycles. The zero-order valence-corrected chi connectivity index (χ0v) is 9.62. The smallest absolute Gasteiger partial charge is 0.306 e. The SMILES string of the molecule is CC1C(C)C2(CCC(=O)O2)C12CCC(=O)O2. The Kier molecular flexibility index (Phi) is 1.76. The van der Waals surface area contributed by atoms with Crippen molar-refractivity contribution >= 4 is 11.9 Å². The molecular formula is C12H16O4. The Labute approximate surface area is 94.3 Å². The topological polar surface area (TPSA) is 52.6 Å². The summed E-state index contributed by atoms with van der Waals surface area (Å²) in [6.07, 6.45) is 2.31. The largest absolute Gasteiger partial charge is 0.454 e. The molecule has 4 atom stereocenters. The molecule has 2 spiro atoms. The van der Waals surface area contributed by atoms with Gasteiger partial charge in [0.2, 0.25) is 0 Å². The second-order valence-corrected chi connectivity index (χ2v) is 5.30. The highest BCUT2D eigenvalue weighted by molar-refractivity contribution is 5.76. The molecule has 4 heteroatoms. The molecule has 2 aliphatic heterocycles. The van der Waals surface area contributed by atoms with Crippen molar-refractivity contribution in [3.8, 4) is 0 Å². The van der Waals surface area contributed by atoms with Gasteiger partial charge in [0.25, 0.3) is 0 Å². The molecule has 3 aliphatic rings. The molecule has 2 saturated heterocycles. The van der Waals surface area contributed by atoms with Crippen LogP contribution >= 0.6 is 0 Å². The molecular weight excluding hydrogens is 208 g/mol. The number of hydrogen-bond acceptors (Lipinski definition) is 4. The third-order valence-electron chi connectivity index (χ3n) is 4.93. The number of rotatable bonds is 0. The van der Waals surface area contributed by atoms with E-state index in [1.807, 2.05) is 0 Å². The van der Waals surface area contributed by atoms with Crippen molar-refractivity contribution in [1.82, 2.24) is 0 Å². The summed E-state index contributed by atoms with van der Waals surface area (Å²) in [4.78, 5) is 22.7. The van der Waals surface area contributed by atoms with Crippen LogP contribution in [0.2, 0.25) is 0 Å². The van der Waals surface area contributed by atoms with Crippen molar-refractivity contribution in [3.05, 3.63) is 0 Å². The Morgan fingerprint density at radius 1 is 0.938 bits per heavy atom. The third-order valence-corrected chi connectivity index (χ3v) is 4.93. The van der Waals surface area contributed by atoms with E-state index in [1.54, 1.807) is 0 Å². The minimum absolute atomic E-state index is 0.152. The molecule has 0 N–H and O–H groups in total. The maximum absolute atomic E-state index is 11.4. The normalized spacial score (nSPS) is 50.6. The van der Waals surface area contributed by atoms with E-state index in [0.29, 0.717) is 25.7 Å². The Hall–Kier alpha value is -1.06. The van der Waals surface area contributed by atoms with Crippen LogP contribution in [0.15, 0.2) is 0 Å². The van der Waals surface area contributed by atoms with Gasteiger partial charge in [-0.2, -0.15) is 0 Å². The van der Waals surface area contributed by atoms with E-state index >= 15 is 0 Å². The van der Waals surface area contributed by atoms with Crippen molar-refractivity contribution < 1.29 is 19.1 Å². The van der Waals surface area contributed by atoms with E-state index in [0.717, 1.165) is 0 Å². The fraction of sp³-hybridized carbons (Fsp3) is 0.833. The van der Waals surface area contributed by atoms with Gasteiger partial charge in [0.1, 0.15) is 0 Å². The standard InChI is InChI=1S/C12H16O4/c1-7-8(2)12(6-4-10(14)16-12)11(7)5-3-9(13)15-11/h7-8H,3-6H2,1-2H3. The summed E-state index contributed by atoms with van der Waals surface area (Å²) in [5.41, 5.74) is -1.04. The number of ether oxygens (including phenoxy) is 2. The predicted octanol–water partition coefficient (Wildman–Crippen LogP) is 1.42. The van der Waals surface area contributed by atoms with E-state index in [-0.39, 0.29) is 23.8 Å². The van der Waals surface area contributed by atoms with Crippen LogP contribution in [0.4, 0.5) is 0 Å². The van der Waals surface area contributed by atoms with Crippen molar-refractivity contribution in [1.29, 1.82) is 0 Å². The summed E-state index contributed by atoms with van der Waals surface area (Å²) in [6, 6.07) is 0. The summed E-state index contributed by atoms with van der Waals surface area (Å²) in [5.74, 6) is 0.261. The predicted molar refractivity (Wildman–Crippen MR) is 54.4 cm³/mol. The lowest BCUT2D eigenvalue weighted by molar-refractivity contribution is -0.285. The molecule has 0 bridgehead atoms. The molecule has 4 nitrogen and oxygen atoms in total. The summed E-state index contributed by atoms with van der Waals surface area (Å²) in [6.45, 7) is 4.17. The van der Waals surface area contributed by atoms with Gasteiger partial charge in [-0.25, -0.2) is 0 Å². The van der Waals surface area contributed by atoms with Crippen molar-refractivity contribution in [2.24, 2.45) is 11.8 Å².